The number of hydrogen-bond acceptors (Lipinski definition) is 4. The molecule has 2 heterocycles. The molecule has 7 nitrogen and oxygen atoms in total. The van der Waals surface area contributed by atoms with Crippen LogP contribution < -0.4 is 10.4 Å². The van der Waals surface area contributed by atoms with Crippen molar-refractivity contribution in [2.75, 3.05) is 19.7 Å². The van der Waals surface area contributed by atoms with Crippen molar-refractivity contribution < 1.29 is 9.53 Å². The zero-order valence-corrected chi connectivity index (χ0v) is 18.0. The van der Waals surface area contributed by atoms with E-state index in [0.717, 1.165) is 35.7 Å². The lowest BCUT2D eigenvalue weighted by Gasteiger charge is -2.32. The number of nitrogens with zero attached hydrogens (tertiary/aromatic N) is 3. The molecule has 162 valence electrons. The summed E-state index contributed by atoms with van der Waals surface area (Å²) in [5.74, 6) is 1.95. The highest BCUT2D eigenvalue weighted by Crippen LogP contribution is 2.24. The lowest BCUT2D eigenvalue weighted by Crippen LogP contribution is -2.39. The molecule has 1 aliphatic heterocycles. The Hall–Kier alpha value is -3.35. The number of hydrogen-bond donors (Lipinski definition) is 1. The molecule has 1 fully saturated rings. The molecule has 3 aromatic rings. The van der Waals surface area contributed by atoms with E-state index in [9.17, 15) is 9.59 Å². The second-order valence-electron chi connectivity index (χ2n) is 7.96. The fourth-order valence-corrected chi connectivity index (χ4v) is 4.17. The number of carbonyl (C=O) groups is 1. The van der Waals surface area contributed by atoms with Gasteiger partial charge in [-0.2, -0.15) is 5.10 Å². The van der Waals surface area contributed by atoms with E-state index in [2.05, 4.69) is 10.2 Å². The maximum atomic E-state index is 12.8. The molecule has 31 heavy (non-hydrogen) atoms. The SMILES string of the molecule is CCOc1ccc(C(=O)N2CCC(Cc3n[nH]c(=O)n3-c3ccccc3C)CC2)cc1. The predicted octanol–water partition coefficient (Wildman–Crippen LogP) is 3.36. The molecule has 0 bridgehead atoms. The lowest BCUT2D eigenvalue weighted by molar-refractivity contribution is 0.0689. The summed E-state index contributed by atoms with van der Waals surface area (Å²) in [7, 11) is 0. The molecular weight excluding hydrogens is 392 g/mol. The summed E-state index contributed by atoms with van der Waals surface area (Å²) in [6.07, 6.45) is 2.48. The van der Waals surface area contributed by atoms with Crippen LogP contribution in [0.3, 0.4) is 0 Å². The van der Waals surface area contributed by atoms with Gasteiger partial charge in [-0.1, -0.05) is 18.2 Å². The van der Waals surface area contributed by atoms with E-state index in [1.54, 1.807) is 4.57 Å². The summed E-state index contributed by atoms with van der Waals surface area (Å²) in [4.78, 5) is 27.1. The molecule has 0 saturated carbocycles. The van der Waals surface area contributed by atoms with Crippen LogP contribution in [0.2, 0.25) is 0 Å². The minimum absolute atomic E-state index is 0.0538. The van der Waals surface area contributed by atoms with E-state index < -0.39 is 0 Å². The molecule has 2 aromatic carbocycles. The first-order valence-corrected chi connectivity index (χ1v) is 10.8. The average molecular weight is 421 g/mol. The van der Waals surface area contributed by atoms with Crippen molar-refractivity contribution >= 4 is 5.91 Å². The zero-order valence-electron chi connectivity index (χ0n) is 18.0. The van der Waals surface area contributed by atoms with Gasteiger partial charge in [0.2, 0.25) is 0 Å². The largest absolute Gasteiger partial charge is 0.494 e. The smallest absolute Gasteiger partial charge is 0.347 e. The number of aromatic nitrogens is 3. The average Bonchev–Trinajstić information content (AvgIpc) is 3.15. The van der Waals surface area contributed by atoms with Crippen LogP contribution in [-0.4, -0.2) is 45.3 Å². The molecule has 0 radical (unpaired) electrons. The quantitative estimate of drug-likeness (QED) is 0.663. The van der Waals surface area contributed by atoms with Gasteiger partial charge in [-0.05, 0) is 68.5 Å². The summed E-state index contributed by atoms with van der Waals surface area (Å²) >= 11 is 0. The molecular formula is C24H28N4O3. The van der Waals surface area contributed by atoms with Crippen molar-refractivity contribution in [2.24, 2.45) is 5.92 Å². The fourth-order valence-electron chi connectivity index (χ4n) is 4.17. The maximum Gasteiger partial charge on any atom is 0.347 e. The third-order valence-electron chi connectivity index (χ3n) is 5.88. The first-order chi connectivity index (χ1) is 15.1. The van der Waals surface area contributed by atoms with Crippen molar-refractivity contribution in [3.63, 3.8) is 0 Å². The highest BCUT2D eigenvalue weighted by Gasteiger charge is 2.25. The van der Waals surface area contributed by atoms with Crippen LogP contribution in [0, 0.1) is 12.8 Å². The minimum Gasteiger partial charge on any atom is -0.494 e. The zero-order chi connectivity index (χ0) is 21.8. The van der Waals surface area contributed by atoms with Gasteiger partial charge in [-0.25, -0.2) is 14.5 Å². The second-order valence-corrected chi connectivity index (χ2v) is 7.96. The number of para-hydroxylation sites is 1. The Bertz CT molecular complexity index is 1090. The molecule has 1 aromatic heterocycles. The molecule has 0 spiro atoms. The highest BCUT2D eigenvalue weighted by atomic mass is 16.5. The number of piperidine rings is 1. The van der Waals surface area contributed by atoms with Crippen LogP contribution in [0.25, 0.3) is 5.69 Å². The minimum atomic E-state index is -0.215. The molecule has 1 N–H and O–H groups in total. The molecule has 0 atom stereocenters. The number of aryl methyl sites for hydroxylation is 1. The van der Waals surface area contributed by atoms with Gasteiger partial charge in [-0.3, -0.25) is 4.79 Å². The Morgan fingerprint density at radius 2 is 1.84 bits per heavy atom. The van der Waals surface area contributed by atoms with E-state index in [-0.39, 0.29) is 11.6 Å². The number of rotatable bonds is 6. The Morgan fingerprint density at radius 1 is 1.13 bits per heavy atom. The van der Waals surface area contributed by atoms with Gasteiger partial charge in [0.05, 0.1) is 12.3 Å². The molecule has 0 aliphatic carbocycles. The predicted molar refractivity (Wildman–Crippen MR) is 119 cm³/mol. The van der Waals surface area contributed by atoms with E-state index in [4.69, 9.17) is 4.74 Å². The van der Waals surface area contributed by atoms with Gasteiger partial charge in [0.25, 0.3) is 5.91 Å². The summed E-state index contributed by atoms with van der Waals surface area (Å²) in [6.45, 7) is 5.94. The third kappa shape index (κ3) is 4.55. The first-order valence-electron chi connectivity index (χ1n) is 10.8. The van der Waals surface area contributed by atoms with Crippen LogP contribution in [0.4, 0.5) is 0 Å². The summed E-state index contributed by atoms with van der Waals surface area (Å²) < 4.78 is 7.12. The standard InChI is InChI=1S/C24H28N4O3/c1-3-31-20-10-8-19(9-11-20)23(29)27-14-12-18(13-15-27)16-22-25-26-24(30)28(22)21-7-5-4-6-17(21)2/h4-11,18H,3,12-16H2,1-2H3,(H,26,30). The number of carbonyl (C=O) groups excluding carboxylic acids is 1. The van der Waals surface area contributed by atoms with Crippen molar-refractivity contribution in [1.82, 2.24) is 19.7 Å². The Labute approximate surface area is 181 Å². The second kappa shape index (κ2) is 9.20. The van der Waals surface area contributed by atoms with Gasteiger partial charge >= 0.3 is 5.69 Å². The van der Waals surface area contributed by atoms with Crippen molar-refractivity contribution in [3.05, 3.63) is 76.0 Å². The number of likely N-dealkylation sites (tertiary alicyclic amines) is 1. The Balaban J connectivity index is 1.40. The lowest BCUT2D eigenvalue weighted by atomic mass is 9.92. The molecule has 1 saturated heterocycles. The van der Waals surface area contributed by atoms with Crippen molar-refractivity contribution in [1.29, 1.82) is 0 Å². The number of benzene rings is 2. The maximum absolute atomic E-state index is 12.8. The van der Waals surface area contributed by atoms with Crippen LogP contribution in [0.15, 0.2) is 53.3 Å². The fraction of sp³-hybridized carbons (Fsp3) is 0.375. The molecule has 4 rings (SSSR count). The van der Waals surface area contributed by atoms with E-state index in [1.807, 2.05) is 67.3 Å². The van der Waals surface area contributed by atoms with Crippen LogP contribution in [0.1, 0.15) is 41.5 Å². The Kier molecular flexibility index (Phi) is 6.21. The van der Waals surface area contributed by atoms with Crippen LogP contribution >= 0.6 is 0 Å². The monoisotopic (exact) mass is 420 g/mol. The molecule has 1 aliphatic rings. The van der Waals surface area contributed by atoms with Crippen LogP contribution in [-0.2, 0) is 6.42 Å². The number of nitrogens with one attached hydrogen (secondary N) is 1. The van der Waals surface area contributed by atoms with Gasteiger partial charge in [-0.15, -0.1) is 0 Å². The topological polar surface area (TPSA) is 80.2 Å². The summed E-state index contributed by atoms with van der Waals surface area (Å²) in [6, 6.07) is 15.1. The number of amides is 1. The Morgan fingerprint density at radius 3 is 2.52 bits per heavy atom. The third-order valence-corrected chi connectivity index (χ3v) is 5.88. The van der Waals surface area contributed by atoms with Crippen LogP contribution in [0.5, 0.6) is 5.75 Å². The van der Waals surface area contributed by atoms with Crippen molar-refractivity contribution in [3.8, 4) is 11.4 Å². The molecule has 7 heteroatoms. The van der Waals surface area contributed by atoms with E-state index in [1.165, 1.54) is 0 Å². The first kappa shape index (κ1) is 20.9. The number of H-pyrrole nitrogens is 1. The highest BCUT2D eigenvalue weighted by molar-refractivity contribution is 5.94. The van der Waals surface area contributed by atoms with Crippen molar-refractivity contribution in [2.45, 2.75) is 33.1 Å². The molecule has 1 amide bonds. The van der Waals surface area contributed by atoms with E-state index >= 15 is 0 Å². The molecule has 0 unspecified atom stereocenters. The number of ether oxygens (including phenoxy) is 1. The summed E-state index contributed by atoms with van der Waals surface area (Å²) in [5, 5.41) is 6.88. The van der Waals surface area contributed by atoms with Gasteiger partial charge in [0.1, 0.15) is 11.6 Å². The van der Waals surface area contributed by atoms with Gasteiger partial charge in [0, 0.05) is 25.1 Å². The number of aromatic amines is 1. The van der Waals surface area contributed by atoms with Gasteiger partial charge in [0.15, 0.2) is 0 Å². The summed E-state index contributed by atoms with van der Waals surface area (Å²) in [5.41, 5.74) is 2.36. The van der Waals surface area contributed by atoms with E-state index in [0.29, 0.717) is 37.6 Å². The normalized spacial score (nSPS) is 14.6. The van der Waals surface area contributed by atoms with Gasteiger partial charge < -0.3 is 9.64 Å².